The third kappa shape index (κ3) is 3.89. The van der Waals surface area contributed by atoms with Gasteiger partial charge in [0.2, 0.25) is 0 Å². The maximum atomic E-state index is 13.4. The minimum absolute atomic E-state index is 0.278. The molecule has 2 N–H and O–H groups in total. The van der Waals surface area contributed by atoms with E-state index >= 15 is 0 Å². The summed E-state index contributed by atoms with van der Waals surface area (Å²) in [6.07, 6.45) is 6.98. The van der Waals surface area contributed by atoms with Crippen LogP contribution in [-0.2, 0) is 6.54 Å². The van der Waals surface area contributed by atoms with E-state index in [9.17, 15) is 9.18 Å². The van der Waals surface area contributed by atoms with Gasteiger partial charge >= 0.3 is 5.97 Å². The van der Waals surface area contributed by atoms with Crippen LogP contribution in [0.4, 0.5) is 4.39 Å². The van der Waals surface area contributed by atoms with Gasteiger partial charge < -0.3 is 10.4 Å². The van der Waals surface area contributed by atoms with Crippen molar-refractivity contribution in [3.8, 4) is 0 Å². The molecule has 102 valence electrons. The number of rotatable bonds is 6. The Labute approximate surface area is 112 Å². The molecule has 0 unspecified atom stereocenters. The van der Waals surface area contributed by atoms with Crippen molar-refractivity contribution in [3.05, 3.63) is 46.8 Å². The number of carboxylic acid groups (broad SMARTS) is 1. The summed E-state index contributed by atoms with van der Waals surface area (Å²) >= 11 is 0. The first-order valence-electron chi connectivity index (χ1n) is 6.57. The molecule has 0 atom stereocenters. The Morgan fingerprint density at radius 1 is 1.42 bits per heavy atom. The van der Waals surface area contributed by atoms with Crippen LogP contribution in [0.3, 0.4) is 0 Å². The first kappa shape index (κ1) is 13.7. The zero-order valence-electron chi connectivity index (χ0n) is 10.8. The second kappa shape index (κ2) is 6.48. The average Bonchev–Trinajstić information content (AvgIpc) is 2.87. The number of carboxylic acids is 1. The maximum Gasteiger partial charge on any atom is 0.338 e. The van der Waals surface area contributed by atoms with E-state index in [2.05, 4.69) is 11.4 Å². The molecule has 0 spiro atoms. The summed E-state index contributed by atoms with van der Waals surface area (Å²) in [6, 6.07) is 4.24. The summed E-state index contributed by atoms with van der Waals surface area (Å²) in [5.74, 6) is -1.91. The van der Waals surface area contributed by atoms with Crippen LogP contribution in [-0.4, -0.2) is 17.6 Å². The van der Waals surface area contributed by atoms with Crippen LogP contribution >= 0.6 is 0 Å². The van der Waals surface area contributed by atoms with Gasteiger partial charge in [0.1, 0.15) is 5.82 Å². The van der Waals surface area contributed by atoms with Gasteiger partial charge in [-0.25, -0.2) is 9.18 Å². The van der Waals surface area contributed by atoms with Crippen LogP contribution in [0, 0.1) is 5.82 Å². The SMILES string of the molecule is O=C(O)c1ccc(CNCCC2=CCCC2)cc1F. The average molecular weight is 263 g/mol. The largest absolute Gasteiger partial charge is 0.478 e. The van der Waals surface area contributed by atoms with Crippen LogP contribution in [0.2, 0.25) is 0 Å². The molecule has 0 amide bonds. The molecule has 0 saturated carbocycles. The van der Waals surface area contributed by atoms with Crippen molar-refractivity contribution in [1.82, 2.24) is 5.32 Å². The first-order valence-corrected chi connectivity index (χ1v) is 6.57. The van der Waals surface area contributed by atoms with Crippen molar-refractivity contribution in [1.29, 1.82) is 0 Å². The zero-order chi connectivity index (χ0) is 13.7. The Hall–Kier alpha value is -1.68. The normalized spacial score (nSPS) is 14.5. The van der Waals surface area contributed by atoms with Crippen molar-refractivity contribution in [2.24, 2.45) is 0 Å². The molecule has 0 aromatic heterocycles. The van der Waals surface area contributed by atoms with Crippen LogP contribution in [0.25, 0.3) is 0 Å². The summed E-state index contributed by atoms with van der Waals surface area (Å²) in [6.45, 7) is 1.43. The molecule has 0 saturated heterocycles. The molecule has 19 heavy (non-hydrogen) atoms. The monoisotopic (exact) mass is 263 g/mol. The number of allylic oxidation sites excluding steroid dienone is 1. The Morgan fingerprint density at radius 2 is 2.26 bits per heavy atom. The minimum atomic E-state index is -1.23. The van der Waals surface area contributed by atoms with Crippen molar-refractivity contribution in [2.75, 3.05) is 6.54 Å². The lowest BCUT2D eigenvalue weighted by molar-refractivity contribution is 0.0692. The first-order chi connectivity index (χ1) is 9.16. The molecule has 0 bridgehead atoms. The van der Waals surface area contributed by atoms with Gasteiger partial charge in [-0.05, 0) is 49.9 Å². The highest BCUT2D eigenvalue weighted by atomic mass is 19.1. The number of hydrogen-bond acceptors (Lipinski definition) is 2. The molecule has 1 aliphatic rings. The quantitative estimate of drug-likeness (QED) is 0.612. The molecule has 0 fully saturated rings. The summed E-state index contributed by atoms with van der Waals surface area (Å²) in [5.41, 5.74) is 1.99. The number of hydrogen-bond donors (Lipinski definition) is 2. The van der Waals surface area contributed by atoms with Crippen molar-refractivity contribution in [2.45, 2.75) is 32.2 Å². The van der Waals surface area contributed by atoms with Gasteiger partial charge in [0.25, 0.3) is 0 Å². The second-order valence-electron chi connectivity index (χ2n) is 4.80. The van der Waals surface area contributed by atoms with Crippen LogP contribution in [0.5, 0.6) is 0 Å². The molecule has 0 heterocycles. The zero-order valence-corrected chi connectivity index (χ0v) is 10.8. The molecule has 1 aliphatic carbocycles. The number of benzene rings is 1. The number of nitrogens with one attached hydrogen (secondary N) is 1. The number of halogens is 1. The van der Waals surface area contributed by atoms with E-state index in [1.165, 1.54) is 37.0 Å². The van der Waals surface area contributed by atoms with Crippen LogP contribution in [0.1, 0.15) is 41.6 Å². The molecule has 4 heteroatoms. The predicted octanol–water partition coefficient (Wildman–Crippen LogP) is 3.11. The summed E-state index contributed by atoms with van der Waals surface area (Å²) in [5, 5.41) is 12.0. The second-order valence-corrected chi connectivity index (χ2v) is 4.80. The Bertz CT molecular complexity index is 497. The lowest BCUT2D eigenvalue weighted by Crippen LogP contribution is -2.15. The van der Waals surface area contributed by atoms with Gasteiger partial charge in [-0.15, -0.1) is 0 Å². The highest BCUT2D eigenvalue weighted by molar-refractivity contribution is 5.87. The molecule has 1 aromatic carbocycles. The van der Waals surface area contributed by atoms with E-state index in [1.807, 2.05) is 0 Å². The third-order valence-corrected chi connectivity index (χ3v) is 3.35. The fourth-order valence-electron chi connectivity index (χ4n) is 2.29. The third-order valence-electron chi connectivity index (χ3n) is 3.35. The topological polar surface area (TPSA) is 49.3 Å². The van der Waals surface area contributed by atoms with E-state index in [1.54, 1.807) is 6.07 Å². The van der Waals surface area contributed by atoms with Gasteiger partial charge in [-0.3, -0.25) is 0 Å². The molecular weight excluding hydrogens is 245 g/mol. The smallest absolute Gasteiger partial charge is 0.338 e. The highest BCUT2D eigenvalue weighted by Crippen LogP contribution is 2.19. The lowest BCUT2D eigenvalue weighted by atomic mass is 10.1. The van der Waals surface area contributed by atoms with E-state index in [4.69, 9.17) is 5.11 Å². The van der Waals surface area contributed by atoms with Crippen molar-refractivity contribution < 1.29 is 14.3 Å². The molecule has 3 nitrogen and oxygen atoms in total. The van der Waals surface area contributed by atoms with Crippen LogP contribution < -0.4 is 5.32 Å². The minimum Gasteiger partial charge on any atom is -0.478 e. The van der Waals surface area contributed by atoms with E-state index in [0.29, 0.717) is 6.54 Å². The van der Waals surface area contributed by atoms with Gasteiger partial charge in [-0.2, -0.15) is 0 Å². The fraction of sp³-hybridized carbons (Fsp3) is 0.400. The van der Waals surface area contributed by atoms with Crippen molar-refractivity contribution in [3.63, 3.8) is 0 Å². The molecular formula is C15H18FNO2. The van der Waals surface area contributed by atoms with E-state index < -0.39 is 11.8 Å². The Balaban J connectivity index is 1.79. The van der Waals surface area contributed by atoms with E-state index in [-0.39, 0.29) is 5.56 Å². The van der Waals surface area contributed by atoms with Gasteiger partial charge in [0, 0.05) is 6.54 Å². The number of aromatic carboxylic acids is 1. The van der Waals surface area contributed by atoms with Gasteiger partial charge in [-0.1, -0.05) is 17.7 Å². The van der Waals surface area contributed by atoms with Crippen LogP contribution in [0.15, 0.2) is 29.8 Å². The Morgan fingerprint density at radius 3 is 2.89 bits per heavy atom. The number of carbonyl (C=O) groups is 1. The van der Waals surface area contributed by atoms with Crippen molar-refractivity contribution >= 4 is 5.97 Å². The van der Waals surface area contributed by atoms with Gasteiger partial charge in [0.15, 0.2) is 0 Å². The predicted molar refractivity (Wildman–Crippen MR) is 71.6 cm³/mol. The fourth-order valence-corrected chi connectivity index (χ4v) is 2.29. The van der Waals surface area contributed by atoms with Gasteiger partial charge in [0.05, 0.1) is 5.56 Å². The summed E-state index contributed by atoms with van der Waals surface area (Å²) in [7, 11) is 0. The maximum absolute atomic E-state index is 13.4. The standard InChI is InChI=1S/C15H18FNO2/c16-14-9-12(5-6-13(14)15(18)19)10-17-8-7-11-3-1-2-4-11/h3,5-6,9,17H,1-2,4,7-8,10H2,(H,18,19). The summed E-state index contributed by atoms with van der Waals surface area (Å²) in [4.78, 5) is 10.7. The van der Waals surface area contributed by atoms with E-state index in [0.717, 1.165) is 18.5 Å². The molecule has 0 aliphatic heterocycles. The molecule has 1 aromatic rings. The Kier molecular flexibility index (Phi) is 4.68. The highest BCUT2D eigenvalue weighted by Gasteiger charge is 2.10. The molecule has 0 radical (unpaired) electrons. The molecule has 2 rings (SSSR count). The summed E-state index contributed by atoms with van der Waals surface area (Å²) < 4.78 is 13.4. The lowest BCUT2D eigenvalue weighted by Gasteiger charge is -2.06.